The lowest BCUT2D eigenvalue weighted by Crippen LogP contribution is -2.30. The van der Waals surface area contributed by atoms with Crippen molar-refractivity contribution in [1.82, 2.24) is 0 Å². The maximum atomic E-state index is 12.7. The van der Waals surface area contributed by atoms with E-state index in [0.29, 0.717) is 22.0 Å². The highest BCUT2D eigenvalue weighted by molar-refractivity contribution is 6.30. The number of fused-ring (bicyclic) bond motifs is 1. The Balaban J connectivity index is 1.41. The van der Waals surface area contributed by atoms with Crippen molar-refractivity contribution in [2.45, 2.75) is 25.7 Å². The number of anilines is 1. The summed E-state index contributed by atoms with van der Waals surface area (Å²) in [6.07, 6.45) is 3.59. The standard InChI is InChI=1S/C22H20ClNO4/c23-15-7-5-14(6-8-15)20(25)13-28-17-11-9-16(10-12-17)24-21(26)18-3-1-2-4-19(18)22(24)27/h5-12,18-19H,1-4,13H2. The Hall–Kier alpha value is -2.66. The number of hydrogen-bond donors (Lipinski definition) is 0. The lowest BCUT2D eigenvalue weighted by Gasteiger charge is -2.19. The molecule has 2 atom stereocenters. The van der Waals surface area contributed by atoms with Crippen molar-refractivity contribution in [3.63, 3.8) is 0 Å². The summed E-state index contributed by atoms with van der Waals surface area (Å²) in [5.74, 6) is -0.191. The third-order valence-corrected chi connectivity index (χ3v) is 5.72. The van der Waals surface area contributed by atoms with Gasteiger partial charge in [-0.1, -0.05) is 24.4 Å². The van der Waals surface area contributed by atoms with Gasteiger partial charge >= 0.3 is 0 Å². The van der Waals surface area contributed by atoms with Crippen molar-refractivity contribution in [1.29, 1.82) is 0 Å². The van der Waals surface area contributed by atoms with Crippen LogP contribution in [0, 0.1) is 11.8 Å². The van der Waals surface area contributed by atoms with Gasteiger partial charge in [-0.15, -0.1) is 0 Å². The normalized spacial score (nSPS) is 21.5. The Bertz CT molecular complexity index is 883. The van der Waals surface area contributed by atoms with Gasteiger partial charge in [0.2, 0.25) is 11.8 Å². The van der Waals surface area contributed by atoms with Crippen molar-refractivity contribution >= 4 is 34.9 Å². The number of carbonyl (C=O) groups excluding carboxylic acids is 3. The van der Waals surface area contributed by atoms with Crippen LogP contribution in [-0.2, 0) is 9.59 Å². The Kier molecular flexibility index (Phi) is 5.18. The predicted octanol–water partition coefficient (Wildman–Crippen LogP) is 4.28. The fourth-order valence-corrected chi connectivity index (χ4v) is 4.10. The second-order valence-electron chi connectivity index (χ2n) is 7.22. The smallest absolute Gasteiger partial charge is 0.237 e. The molecule has 4 rings (SSSR count). The van der Waals surface area contributed by atoms with E-state index in [-0.39, 0.29) is 36.0 Å². The van der Waals surface area contributed by atoms with Crippen LogP contribution in [0.1, 0.15) is 36.0 Å². The van der Waals surface area contributed by atoms with E-state index in [2.05, 4.69) is 0 Å². The molecule has 2 unspecified atom stereocenters. The molecule has 2 aromatic rings. The number of ether oxygens (including phenoxy) is 1. The molecule has 2 amide bonds. The van der Waals surface area contributed by atoms with Crippen molar-refractivity contribution in [3.8, 4) is 5.75 Å². The Labute approximate surface area is 168 Å². The first-order chi connectivity index (χ1) is 13.5. The highest BCUT2D eigenvalue weighted by Crippen LogP contribution is 2.40. The first-order valence-corrected chi connectivity index (χ1v) is 9.82. The predicted molar refractivity (Wildman–Crippen MR) is 106 cm³/mol. The van der Waals surface area contributed by atoms with Gasteiger partial charge < -0.3 is 4.74 Å². The van der Waals surface area contributed by atoms with Crippen LogP contribution >= 0.6 is 11.6 Å². The molecule has 1 heterocycles. The molecule has 0 radical (unpaired) electrons. The molecule has 28 heavy (non-hydrogen) atoms. The number of hydrogen-bond acceptors (Lipinski definition) is 4. The third kappa shape index (κ3) is 3.54. The molecule has 0 spiro atoms. The second kappa shape index (κ2) is 7.76. The lowest BCUT2D eigenvalue weighted by atomic mass is 9.81. The van der Waals surface area contributed by atoms with Crippen molar-refractivity contribution in [3.05, 3.63) is 59.1 Å². The van der Waals surface area contributed by atoms with Gasteiger partial charge in [0.15, 0.2) is 12.4 Å². The minimum Gasteiger partial charge on any atom is -0.485 e. The highest BCUT2D eigenvalue weighted by Gasteiger charge is 2.48. The van der Waals surface area contributed by atoms with E-state index in [4.69, 9.17) is 16.3 Å². The summed E-state index contributed by atoms with van der Waals surface area (Å²) in [4.78, 5) is 38.8. The molecule has 0 bridgehead atoms. The minimum absolute atomic E-state index is 0.0960. The number of Topliss-reactive ketones (excluding diaryl/α,β-unsaturated/α-hetero) is 1. The molecule has 0 N–H and O–H groups in total. The topological polar surface area (TPSA) is 63.7 Å². The van der Waals surface area contributed by atoms with Crippen molar-refractivity contribution < 1.29 is 19.1 Å². The van der Waals surface area contributed by atoms with E-state index in [9.17, 15) is 14.4 Å². The van der Waals surface area contributed by atoms with Gasteiger partial charge in [0.1, 0.15) is 5.75 Å². The van der Waals surface area contributed by atoms with Crippen molar-refractivity contribution in [2.75, 3.05) is 11.5 Å². The molecule has 144 valence electrons. The number of ketones is 1. The number of benzene rings is 2. The molecular weight excluding hydrogens is 378 g/mol. The Morgan fingerprint density at radius 2 is 1.50 bits per heavy atom. The molecule has 1 aliphatic heterocycles. The average molecular weight is 398 g/mol. The number of amides is 2. The quantitative estimate of drug-likeness (QED) is 0.558. The van der Waals surface area contributed by atoms with E-state index in [0.717, 1.165) is 25.7 Å². The van der Waals surface area contributed by atoms with Crippen LogP contribution < -0.4 is 9.64 Å². The van der Waals surface area contributed by atoms with E-state index < -0.39 is 0 Å². The van der Waals surface area contributed by atoms with Crippen LogP contribution in [0.3, 0.4) is 0 Å². The zero-order valence-electron chi connectivity index (χ0n) is 15.3. The maximum Gasteiger partial charge on any atom is 0.237 e. The van der Waals surface area contributed by atoms with Gasteiger partial charge in [0.25, 0.3) is 0 Å². The third-order valence-electron chi connectivity index (χ3n) is 5.47. The number of rotatable bonds is 5. The number of imide groups is 1. The molecule has 2 fully saturated rings. The van der Waals surface area contributed by atoms with Gasteiger partial charge in [-0.2, -0.15) is 0 Å². The molecular formula is C22H20ClNO4. The molecule has 1 saturated heterocycles. The van der Waals surface area contributed by atoms with Gasteiger partial charge in [0, 0.05) is 10.6 Å². The van der Waals surface area contributed by atoms with E-state index in [1.165, 1.54) is 4.90 Å². The summed E-state index contributed by atoms with van der Waals surface area (Å²) < 4.78 is 5.55. The van der Waals surface area contributed by atoms with E-state index >= 15 is 0 Å². The number of carbonyl (C=O) groups is 3. The maximum absolute atomic E-state index is 12.7. The molecule has 6 heteroatoms. The summed E-state index contributed by atoms with van der Waals surface area (Å²) in [7, 11) is 0. The zero-order valence-corrected chi connectivity index (χ0v) is 16.0. The first-order valence-electron chi connectivity index (χ1n) is 9.44. The van der Waals surface area contributed by atoms with Gasteiger partial charge in [-0.3, -0.25) is 19.3 Å². The highest BCUT2D eigenvalue weighted by atomic mass is 35.5. The number of nitrogens with zero attached hydrogens (tertiary/aromatic N) is 1. The SMILES string of the molecule is O=C(COc1ccc(N2C(=O)C3CCCCC3C2=O)cc1)c1ccc(Cl)cc1. The van der Waals surface area contributed by atoms with Gasteiger partial charge in [0.05, 0.1) is 17.5 Å². The zero-order chi connectivity index (χ0) is 19.7. The van der Waals surface area contributed by atoms with Crippen LogP contribution in [-0.4, -0.2) is 24.2 Å². The molecule has 5 nitrogen and oxygen atoms in total. The summed E-state index contributed by atoms with van der Waals surface area (Å²) in [6, 6.07) is 13.4. The molecule has 2 aliphatic rings. The van der Waals surface area contributed by atoms with Gasteiger partial charge in [-0.05, 0) is 61.4 Å². The summed E-state index contributed by atoms with van der Waals surface area (Å²) >= 11 is 5.82. The summed E-state index contributed by atoms with van der Waals surface area (Å²) in [6.45, 7) is -0.104. The van der Waals surface area contributed by atoms with Crippen LogP contribution in [0.25, 0.3) is 0 Å². The molecule has 1 aliphatic carbocycles. The Morgan fingerprint density at radius 1 is 0.929 bits per heavy atom. The second-order valence-corrected chi connectivity index (χ2v) is 7.66. The molecule has 1 saturated carbocycles. The monoisotopic (exact) mass is 397 g/mol. The van der Waals surface area contributed by atoms with Crippen LogP contribution in [0.2, 0.25) is 5.02 Å². The van der Waals surface area contributed by atoms with Gasteiger partial charge in [-0.25, -0.2) is 0 Å². The summed E-state index contributed by atoms with van der Waals surface area (Å²) in [5, 5.41) is 0.568. The van der Waals surface area contributed by atoms with Crippen LogP contribution in [0.5, 0.6) is 5.75 Å². The lowest BCUT2D eigenvalue weighted by molar-refractivity contribution is -0.122. The molecule has 2 aromatic carbocycles. The fraction of sp³-hybridized carbons (Fsp3) is 0.318. The van der Waals surface area contributed by atoms with Crippen LogP contribution in [0.15, 0.2) is 48.5 Å². The molecule has 0 aromatic heterocycles. The van der Waals surface area contributed by atoms with Crippen LogP contribution in [0.4, 0.5) is 5.69 Å². The first kappa shape index (κ1) is 18.7. The van der Waals surface area contributed by atoms with E-state index in [1.54, 1.807) is 48.5 Å². The minimum atomic E-state index is -0.172. The van der Waals surface area contributed by atoms with Crippen molar-refractivity contribution in [2.24, 2.45) is 11.8 Å². The largest absolute Gasteiger partial charge is 0.485 e. The number of halogens is 1. The fourth-order valence-electron chi connectivity index (χ4n) is 3.98. The average Bonchev–Trinajstić information content (AvgIpc) is 2.98. The Morgan fingerprint density at radius 3 is 2.07 bits per heavy atom. The van der Waals surface area contributed by atoms with E-state index in [1.807, 2.05) is 0 Å². The summed E-state index contributed by atoms with van der Waals surface area (Å²) in [5.41, 5.74) is 1.08.